The molecular formula is C16H25KO9S. The molecule has 0 rings (SSSR count). The van der Waals surface area contributed by atoms with E-state index in [-0.39, 0.29) is 96.6 Å². The van der Waals surface area contributed by atoms with E-state index in [0.29, 0.717) is 0 Å². The molecule has 0 aromatic rings. The number of ether oxygens (including phenoxy) is 3. The van der Waals surface area contributed by atoms with E-state index >= 15 is 0 Å². The molecule has 0 amide bonds. The number of carbonyl (C=O) groups excluding carboxylic acids is 3. The molecule has 11 heteroatoms. The molecule has 0 radical (unpaired) electrons. The van der Waals surface area contributed by atoms with Crippen LogP contribution in [0.1, 0.15) is 28.1 Å². The van der Waals surface area contributed by atoms with Gasteiger partial charge in [0.2, 0.25) is 0 Å². The zero-order valence-corrected chi connectivity index (χ0v) is 19.8. The van der Waals surface area contributed by atoms with Crippen LogP contribution in [0.2, 0.25) is 0 Å². The van der Waals surface area contributed by atoms with Gasteiger partial charge in [0.25, 0.3) is 10.1 Å². The van der Waals surface area contributed by atoms with Crippen molar-refractivity contribution in [3.05, 3.63) is 24.3 Å². The van der Waals surface area contributed by atoms with E-state index in [1.165, 1.54) is 13.8 Å². The van der Waals surface area contributed by atoms with E-state index in [1.807, 2.05) is 0 Å². The first-order valence-corrected chi connectivity index (χ1v) is 9.32. The largest absolute Gasteiger partial charge is 1.00 e. The van der Waals surface area contributed by atoms with Crippen LogP contribution in [0, 0.1) is 5.92 Å². The second-order valence-corrected chi connectivity index (χ2v) is 7.19. The van der Waals surface area contributed by atoms with E-state index in [2.05, 4.69) is 13.2 Å². The van der Waals surface area contributed by atoms with Crippen LogP contribution in [0.4, 0.5) is 0 Å². The number of carbonyl (C=O) groups is 3. The molecule has 0 aromatic carbocycles. The van der Waals surface area contributed by atoms with Crippen molar-refractivity contribution < 1.29 is 94.4 Å². The van der Waals surface area contributed by atoms with Crippen molar-refractivity contribution in [3.8, 4) is 0 Å². The molecule has 0 aliphatic rings. The van der Waals surface area contributed by atoms with Gasteiger partial charge in [0.15, 0.2) is 0 Å². The Morgan fingerprint density at radius 2 is 1.41 bits per heavy atom. The third kappa shape index (κ3) is 15.1. The summed E-state index contributed by atoms with van der Waals surface area (Å²) in [5.74, 6) is -3.69. The van der Waals surface area contributed by atoms with Crippen molar-refractivity contribution in [2.75, 3.05) is 25.6 Å². The normalized spacial score (nSPS) is 10.5. The fraction of sp³-hybridized carbons (Fsp3) is 0.562. The third-order valence-corrected chi connectivity index (χ3v) is 3.71. The molecule has 1 N–H and O–H groups in total. The van der Waals surface area contributed by atoms with Gasteiger partial charge in [-0.2, -0.15) is 8.42 Å². The van der Waals surface area contributed by atoms with Crippen LogP contribution in [-0.4, -0.2) is 56.5 Å². The van der Waals surface area contributed by atoms with Gasteiger partial charge in [-0.3, -0.25) is 9.35 Å². The molecule has 0 unspecified atom stereocenters. The fourth-order valence-electron chi connectivity index (χ4n) is 1.46. The SMILES string of the molecule is C=C(C)C(=O)OCC(COC(=O)C(=C)C)C(=O)OCCCCS(=O)(=O)O.[H-].[K+]. The monoisotopic (exact) mass is 432 g/mol. The number of hydrogen-bond acceptors (Lipinski definition) is 8. The molecule has 9 nitrogen and oxygen atoms in total. The molecule has 150 valence electrons. The Bertz CT molecular complexity index is 631. The second-order valence-electron chi connectivity index (χ2n) is 5.62. The molecule has 0 aromatic heterocycles. The summed E-state index contributed by atoms with van der Waals surface area (Å²) in [4.78, 5) is 34.9. The van der Waals surface area contributed by atoms with Crippen LogP contribution >= 0.6 is 0 Å². The quantitative estimate of drug-likeness (QED) is 0.0944. The Balaban J connectivity index is -0.00000312. The Kier molecular flexibility index (Phi) is 15.3. The standard InChI is InChI=1S/C16H24O9S.K.H/c1-11(2)14(17)24-9-13(10-25-15(18)12(3)4)16(19)23-7-5-6-8-26(20,21)22;;/h13H,1,3,5-10H2,2,4H3,(H,20,21,22);;/q;+1;-1. The summed E-state index contributed by atoms with van der Waals surface area (Å²) in [7, 11) is -4.07. The first kappa shape index (κ1) is 28.6. The Morgan fingerprint density at radius 1 is 0.963 bits per heavy atom. The van der Waals surface area contributed by atoms with Gasteiger partial charge < -0.3 is 15.6 Å². The molecular weight excluding hydrogens is 407 g/mol. The zero-order valence-electron chi connectivity index (χ0n) is 16.9. The van der Waals surface area contributed by atoms with Gasteiger partial charge in [0, 0.05) is 11.1 Å². The molecule has 0 bridgehead atoms. The maximum Gasteiger partial charge on any atom is 1.00 e. The molecule has 0 aliphatic carbocycles. The summed E-state index contributed by atoms with van der Waals surface area (Å²) in [6, 6.07) is 0. The molecule has 0 heterocycles. The summed E-state index contributed by atoms with van der Waals surface area (Å²) in [6.07, 6.45) is 0.307. The minimum Gasteiger partial charge on any atom is -1.00 e. The minimum absolute atomic E-state index is 0. The minimum atomic E-state index is -4.07. The Hall–Kier alpha value is -0.564. The van der Waals surface area contributed by atoms with Crippen molar-refractivity contribution in [1.29, 1.82) is 0 Å². The van der Waals surface area contributed by atoms with Crippen molar-refractivity contribution in [1.82, 2.24) is 0 Å². The summed E-state index contributed by atoms with van der Waals surface area (Å²) < 4.78 is 44.5. The summed E-state index contributed by atoms with van der Waals surface area (Å²) >= 11 is 0. The average Bonchev–Trinajstić information content (AvgIpc) is 2.52. The summed E-state index contributed by atoms with van der Waals surface area (Å²) in [5, 5.41) is 0. The molecule has 27 heavy (non-hydrogen) atoms. The molecule has 0 saturated carbocycles. The van der Waals surface area contributed by atoms with E-state index in [0.717, 1.165) is 0 Å². The molecule has 0 atom stereocenters. The van der Waals surface area contributed by atoms with E-state index < -0.39 is 39.7 Å². The summed E-state index contributed by atoms with van der Waals surface area (Å²) in [6.45, 7) is 8.83. The number of unbranched alkanes of at least 4 members (excludes halogenated alkanes) is 1. The average molecular weight is 433 g/mol. The van der Waals surface area contributed by atoms with Gasteiger partial charge in [-0.05, 0) is 26.7 Å². The van der Waals surface area contributed by atoms with Crippen molar-refractivity contribution in [2.24, 2.45) is 5.92 Å². The van der Waals surface area contributed by atoms with Crippen LogP contribution in [0.5, 0.6) is 0 Å². The molecule has 0 spiro atoms. The smallest absolute Gasteiger partial charge is 1.00 e. The zero-order chi connectivity index (χ0) is 20.3. The van der Waals surface area contributed by atoms with E-state index in [1.54, 1.807) is 0 Å². The molecule has 0 saturated heterocycles. The number of esters is 3. The van der Waals surface area contributed by atoms with Gasteiger partial charge in [0.1, 0.15) is 19.1 Å². The Morgan fingerprint density at radius 3 is 1.78 bits per heavy atom. The van der Waals surface area contributed by atoms with Gasteiger partial charge in [-0.1, -0.05) is 13.2 Å². The van der Waals surface area contributed by atoms with Crippen molar-refractivity contribution >= 4 is 28.0 Å². The van der Waals surface area contributed by atoms with Gasteiger partial charge >= 0.3 is 69.3 Å². The van der Waals surface area contributed by atoms with E-state index in [9.17, 15) is 22.8 Å². The summed E-state index contributed by atoms with van der Waals surface area (Å²) in [5.41, 5.74) is 0.280. The number of rotatable bonds is 12. The van der Waals surface area contributed by atoms with Crippen LogP contribution in [0.15, 0.2) is 24.3 Å². The maximum atomic E-state index is 12.1. The predicted octanol–water partition coefficient (Wildman–Crippen LogP) is -1.83. The van der Waals surface area contributed by atoms with Crippen LogP contribution in [-0.2, 0) is 38.7 Å². The van der Waals surface area contributed by atoms with Crippen LogP contribution < -0.4 is 51.4 Å². The van der Waals surface area contributed by atoms with Crippen molar-refractivity contribution in [3.63, 3.8) is 0 Å². The second kappa shape index (κ2) is 14.4. The predicted molar refractivity (Wildman–Crippen MR) is 92.8 cm³/mol. The first-order chi connectivity index (χ1) is 11.9. The first-order valence-electron chi connectivity index (χ1n) is 7.71. The third-order valence-electron chi connectivity index (χ3n) is 2.90. The van der Waals surface area contributed by atoms with Crippen LogP contribution in [0.3, 0.4) is 0 Å². The van der Waals surface area contributed by atoms with Crippen molar-refractivity contribution in [2.45, 2.75) is 26.7 Å². The molecule has 0 fully saturated rings. The van der Waals surface area contributed by atoms with Gasteiger partial charge in [-0.25, -0.2) is 9.59 Å². The maximum absolute atomic E-state index is 12.1. The van der Waals surface area contributed by atoms with Crippen LogP contribution in [0.25, 0.3) is 0 Å². The van der Waals surface area contributed by atoms with Gasteiger partial charge in [-0.15, -0.1) is 0 Å². The Labute approximate surface area is 203 Å². The van der Waals surface area contributed by atoms with Gasteiger partial charge in [0.05, 0.1) is 12.4 Å². The molecule has 0 aliphatic heterocycles. The number of hydrogen-bond donors (Lipinski definition) is 1. The van der Waals surface area contributed by atoms with E-state index in [4.69, 9.17) is 18.8 Å². The topological polar surface area (TPSA) is 133 Å². The fourth-order valence-corrected chi connectivity index (χ4v) is 2.03.